The van der Waals surface area contributed by atoms with E-state index in [0.717, 1.165) is 18.7 Å². The van der Waals surface area contributed by atoms with Crippen molar-refractivity contribution in [2.45, 2.75) is 38.8 Å². The standard InChI is InChI=1S/C17H22N4O2/c22-16(18-12-14-7-3-1-4-8-14)11-15-19-17(23-20-15)13-21-9-5-2-6-10-21/h1,3-4,7-8H,2,5-6,9-13H2,(H,18,22). The molecule has 1 saturated heterocycles. The largest absolute Gasteiger partial charge is 0.352 e. The van der Waals surface area contributed by atoms with Crippen LogP contribution in [0.25, 0.3) is 0 Å². The lowest BCUT2D eigenvalue weighted by atomic mass is 10.1. The second-order valence-electron chi connectivity index (χ2n) is 5.88. The molecule has 122 valence electrons. The number of rotatable bonds is 6. The number of aromatic nitrogens is 2. The van der Waals surface area contributed by atoms with Gasteiger partial charge in [-0.15, -0.1) is 0 Å². The SMILES string of the molecule is O=C(Cc1noc(CN2CCCCC2)n1)NCc1ccccc1. The zero-order valence-electron chi connectivity index (χ0n) is 13.2. The monoisotopic (exact) mass is 314 g/mol. The van der Waals surface area contributed by atoms with Crippen LogP contribution in [-0.4, -0.2) is 34.0 Å². The van der Waals surface area contributed by atoms with E-state index < -0.39 is 0 Å². The third kappa shape index (κ3) is 4.89. The molecule has 0 aliphatic carbocycles. The van der Waals surface area contributed by atoms with Crippen LogP contribution in [0.5, 0.6) is 0 Å². The normalized spacial score (nSPS) is 15.5. The molecule has 0 saturated carbocycles. The quantitative estimate of drug-likeness (QED) is 0.882. The third-order valence-electron chi connectivity index (χ3n) is 3.97. The van der Waals surface area contributed by atoms with E-state index in [-0.39, 0.29) is 12.3 Å². The van der Waals surface area contributed by atoms with E-state index in [0.29, 0.717) is 24.8 Å². The Kier molecular flexibility index (Phi) is 5.37. The molecule has 0 radical (unpaired) electrons. The Balaban J connectivity index is 1.45. The van der Waals surface area contributed by atoms with Gasteiger partial charge in [-0.3, -0.25) is 9.69 Å². The molecule has 2 aromatic rings. The van der Waals surface area contributed by atoms with E-state index in [1.807, 2.05) is 30.3 Å². The summed E-state index contributed by atoms with van der Waals surface area (Å²) in [6, 6.07) is 9.81. The summed E-state index contributed by atoms with van der Waals surface area (Å²) in [7, 11) is 0. The lowest BCUT2D eigenvalue weighted by Gasteiger charge is -2.24. The number of hydrogen-bond acceptors (Lipinski definition) is 5. The smallest absolute Gasteiger partial charge is 0.240 e. The molecule has 1 N–H and O–H groups in total. The zero-order valence-corrected chi connectivity index (χ0v) is 13.2. The number of carbonyl (C=O) groups is 1. The van der Waals surface area contributed by atoms with E-state index >= 15 is 0 Å². The van der Waals surface area contributed by atoms with Crippen LogP contribution >= 0.6 is 0 Å². The molecule has 1 aliphatic heterocycles. The number of hydrogen-bond donors (Lipinski definition) is 1. The fraction of sp³-hybridized carbons (Fsp3) is 0.471. The van der Waals surface area contributed by atoms with Crippen LogP contribution in [0, 0.1) is 0 Å². The number of nitrogens with one attached hydrogen (secondary N) is 1. The number of benzene rings is 1. The van der Waals surface area contributed by atoms with Crippen molar-refractivity contribution in [3.05, 3.63) is 47.6 Å². The van der Waals surface area contributed by atoms with Crippen molar-refractivity contribution < 1.29 is 9.32 Å². The Morgan fingerprint density at radius 2 is 1.96 bits per heavy atom. The molecule has 6 nitrogen and oxygen atoms in total. The molecule has 0 spiro atoms. The van der Waals surface area contributed by atoms with Gasteiger partial charge in [0.25, 0.3) is 0 Å². The highest BCUT2D eigenvalue weighted by Gasteiger charge is 2.15. The van der Waals surface area contributed by atoms with Crippen LogP contribution in [0.2, 0.25) is 0 Å². The minimum Gasteiger partial charge on any atom is -0.352 e. The average Bonchev–Trinajstić information content (AvgIpc) is 3.02. The van der Waals surface area contributed by atoms with Crippen molar-refractivity contribution in [1.82, 2.24) is 20.4 Å². The van der Waals surface area contributed by atoms with E-state index in [1.54, 1.807) is 0 Å². The highest BCUT2D eigenvalue weighted by molar-refractivity contribution is 5.77. The molecule has 1 fully saturated rings. The number of amides is 1. The molecule has 23 heavy (non-hydrogen) atoms. The second-order valence-corrected chi connectivity index (χ2v) is 5.88. The molecule has 0 atom stereocenters. The molecule has 0 bridgehead atoms. The zero-order chi connectivity index (χ0) is 15.9. The summed E-state index contributed by atoms with van der Waals surface area (Å²) in [6.45, 7) is 3.35. The van der Waals surface area contributed by atoms with Crippen molar-refractivity contribution in [3.63, 3.8) is 0 Å². The highest BCUT2D eigenvalue weighted by Crippen LogP contribution is 2.12. The molecular weight excluding hydrogens is 292 g/mol. The molecule has 1 aliphatic rings. The van der Waals surface area contributed by atoms with Gasteiger partial charge in [-0.1, -0.05) is 41.9 Å². The van der Waals surface area contributed by atoms with Gasteiger partial charge in [0.15, 0.2) is 5.82 Å². The Labute approximate surface area is 135 Å². The van der Waals surface area contributed by atoms with Gasteiger partial charge in [-0.05, 0) is 31.5 Å². The van der Waals surface area contributed by atoms with Gasteiger partial charge < -0.3 is 9.84 Å². The van der Waals surface area contributed by atoms with Crippen molar-refractivity contribution in [3.8, 4) is 0 Å². The summed E-state index contributed by atoms with van der Waals surface area (Å²) in [4.78, 5) is 18.6. The first-order valence-corrected chi connectivity index (χ1v) is 8.14. The van der Waals surface area contributed by atoms with Crippen molar-refractivity contribution in [2.75, 3.05) is 13.1 Å². The Morgan fingerprint density at radius 3 is 2.74 bits per heavy atom. The average molecular weight is 314 g/mol. The van der Waals surface area contributed by atoms with Gasteiger partial charge in [-0.2, -0.15) is 4.98 Å². The van der Waals surface area contributed by atoms with Gasteiger partial charge in [0.05, 0.1) is 13.0 Å². The summed E-state index contributed by atoms with van der Waals surface area (Å²) in [5.74, 6) is 0.944. The molecule has 1 aromatic heterocycles. The Hall–Kier alpha value is -2.21. The number of carbonyl (C=O) groups excluding carboxylic acids is 1. The molecule has 1 aromatic carbocycles. The minimum atomic E-state index is -0.0980. The van der Waals surface area contributed by atoms with Crippen LogP contribution in [0.3, 0.4) is 0 Å². The van der Waals surface area contributed by atoms with Crippen LogP contribution in [0.4, 0.5) is 0 Å². The minimum absolute atomic E-state index is 0.0980. The number of likely N-dealkylation sites (tertiary alicyclic amines) is 1. The summed E-state index contributed by atoms with van der Waals surface area (Å²) >= 11 is 0. The summed E-state index contributed by atoms with van der Waals surface area (Å²) < 4.78 is 5.25. The third-order valence-corrected chi connectivity index (χ3v) is 3.97. The van der Waals surface area contributed by atoms with Gasteiger partial charge in [0.2, 0.25) is 11.8 Å². The predicted molar refractivity (Wildman–Crippen MR) is 85.4 cm³/mol. The molecular formula is C17H22N4O2. The lowest BCUT2D eigenvalue weighted by molar-refractivity contribution is -0.120. The van der Waals surface area contributed by atoms with Crippen molar-refractivity contribution in [2.24, 2.45) is 0 Å². The van der Waals surface area contributed by atoms with Crippen LogP contribution < -0.4 is 5.32 Å². The van der Waals surface area contributed by atoms with E-state index in [2.05, 4.69) is 20.4 Å². The maximum atomic E-state index is 11.9. The van der Waals surface area contributed by atoms with E-state index in [9.17, 15) is 4.79 Å². The maximum Gasteiger partial charge on any atom is 0.240 e. The summed E-state index contributed by atoms with van der Waals surface area (Å²) in [5.41, 5.74) is 1.07. The van der Waals surface area contributed by atoms with Crippen LogP contribution in [0.15, 0.2) is 34.9 Å². The predicted octanol–water partition coefficient (Wildman–Crippen LogP) is 1.91. The van der Waals surface area contributed by atoms with E-state index in [1.165, 1.54) is 19.3 Å². The molecule has 2 heterocycles. The summed E-state index contributed by atoms with van der Waals surface area (Å²) in [6.07, 6.45) is 3.90. The Bertz CT molecular complexity index is 621. The summed E-state index contributed by atoms with van der Waals surface area (Å²) in [5, 5.41) is 6.77. The van der Waals surface area contributed by atoms with Crippen LogP contribution in [0.1, 0.15) is 36.5 Å². The van der Waals surface area contributed by atoms with Gasteiger partial charge >= 0.3 is 0 Å². The van der Waals surface area contributed by atoms with E-state index in [4.69, 9.17) is 4.52 Å². The van der Waals surface area contributed by atoms with Crippen LogP contribution in [-0.2, 0) is 24.3 Å². The first-order valence-electron chi connectivity index (χ1n) is 8.14. The van der Waals surface area contributed by atoms with Gasteiger partial charge in [-0.25, -0.2) is 0 Å². The topological polar surface area (TPSA) is 71.3 Å². The molecule has 1 amide bonds. The maximum absolute atomic E-state index is 11.9. The number of nitrogens with zero attached hydrogens (tertiary/aromatic N) is 3. The van der Waals surface area contributed by atoms with Crippen molar-refractivity contribution >= 4 is 5.91 Å². The molecule has 6 heteroatoms. The second kappa shape index (κ2) is 7.87. The first-order chi connectivity index (χ1) is 11.3. The first kappa shape index (κ1) is 15.7. The number of piperidine rings is 1. The fourth-order valence-electron chi connectivity index (χ4n) is 2.74. The Morgan fingerprint density at radius 1 is 1.17 bits per heavy atom. The van der Waals surface area contributed by atoms with Crippen molar-refractivity contribution in [1.29, 1.82) is 0 Å². The molecule has 0 unspecified atom stereocenters. The molecule has 3 rings (SSSR count). The van der Waals surface area contributed by atoms with Gasteiger partial charge in [0, 0.05) is 6.54 Å². The lowest BCUT2D eigenvalue weighted by Crippen LogP contribution is -2.29. The van der Waals surface area contributed by atoms with Gasteiger partial charge in [0.1, 0.15) is 0 Å². The fourth-order valence-corrected chi connectivity index (χ4v) is 2.74. The highest BCUT2D eigenvalue weighted by atomic mass is 16.5.